The van der Waals surface area contributed by atoms with E-state index in [4.69, 9.17) is 21.4 Å². The van der Waals surface area contributed by atoms with E-state index in [1.807, 2.05) is 78.7 Å². The van der Waals surface area contributed by atoms with Gasteiger partial charge in [-0.25, -0.2) is 5.01 Å². The van der Waals surface area contributed by atoms with Crippen molar-refractivity contribution < 1.29 is 9.53 Å². The van der Waals surface area contributed by atoms with Gasteiger partial charge in [-0.2, -0.15) is 5.10 Å². The summed E-state index contributed by atoms with van der Waals surface area (Å²) >= 11 is 6.09. The molecule has 0 aliphatic carbocycles. The van der Waals surface area contributed by atoms with Crippen molar-refractivity contribution in [3.8, 4) is 5.75 Å². The lowest BCUT2D eigenvalue weighted by Gasteiger charge is -2.25. The second kappa shape index (κ2) is 9.98. The molecule has 0 unspecified atom stereocenters. The van der Waals surface area contributed by atoms with Gasteiger partial charge in [-0.05, 0) is 42.4 Å². The highest BCUT2D eigenvalue weighted by atomic mass is 35.5. The lowest BCUT2D eigenvalue weighted by Crippen LogP contribution is -2.36. The number of hydrogen-bond acceptors (Lipinski definition) is 4. The number of hydrazone groups is 1. The van der Waals surface area contributed by atoms with Gasteiger partial charge >= 0.3 is 0 Å². The van der Waals surface area contributed by atoms with Gasteiger partial charge in [0.1, 0.15) is 5.75 Å². The molecule has 1 atom stereocenters. The molecule has 6 heteroatoms. The van der Waals surface area contributed by atoms with Gasteiger partial charge in [0.15, 0.2) is 0 Å². The van der Waals surface area contributed by atoms with Crippen LogP contribution in [0, 0.1) is 0 Å². The predicted molar refractivity (Wildman–Crippen MR) is 128 cm³/mol. The molecule has 4 rings (SSSR count). The second-order valence-electron chi connectivity index (χ2n) is 7.95. The number of ether oxygens (including phenoxy) is 1. The fourth-order valence-electron chi connectivity index (χ4n) is 3.92. The van der Waals surface area contributed by atoms with Crippen LogP contribution in [0.4, 0.5) is 0 Å². The first kappa shape index (κ1) is 22.1. The Hall–Kier alpha value is -3.15. The molecule has 3 aromatic carbocycles. The summed E-state index contributed by atoms with van der Waals surface area (Å²) in [6, 6.07) is 25.4. The molecule has 0 spiro atoms. The summed E-state index contributed by atoms with van der Waals surface area (Å²) in [6.07, 6.45) is 0.628. The van der Waals surface area contributed by atoms with Crippen molar-refractivity contribution in [2.24, 2.45) is 5.10 Å². The van der Waals surface area contributed by atoms with Gasteiger partial charge in [0, 0.05) is 23.6 Å². The summed E-state index contributed by atoms with van der Waals surface area (Å²) < 4.78 is 5.37. The fraction of sp³-hybridized carbons (Fsp3) is 0.231. The molecule has 1 heterocycles. The van der Waals surface area contributed by atoms with Gasteiger partial charge in [-0.3, -0.25) is 9.69 Å². The quantitative estimate of drug-likeness (QED) is 0.502. The van der Waals surface area contributed by atoms with Crippen LogP contribution in [0.1, 0.15) is 29.2 Å². The predicted octanol–water partition coefficient (Wildman–Crippen LogP) is 5.16. The molecular formula is C26H26ClN3O2. The summed E-state index contributed by atoms with van der Waals surface area (Å²) in [7, 11) is 3.59. The monoisotopic (exact) mass is 447 g/mol. The number of amides is 1. The van der Waals surface area contributed by atoms with Crippen molar-refractivity contribution >= 4 is 23.2 Å². The van der Waals surface area contributed by atoms with Crippen LogP contribution in [0.5, 0.6) is 5.75 Å². The van der Waals surface area contributed by atoms with Crippen molar-refractivity contribution in [2.75, 3.05) is 20.7 Å². The summed E-state index contributed by atoms with van der Waals surface area (Å²) in [5, 5.41) is 7.05. The number of carbonyl (C=O) groups excluding carboxylic acids is 1. The van der Waals surface area contributed by atoms with Crippen molar-refractivity contribution in [3.05, 3.63) is 101 Å². The Balaban J connectivity index is 1.57. The van der Waals surface area contributed by atoms with E-state index in [9.17, 15) is 4.79 Å². The van der Waals surface area contributed by atoms with Gasteiger partial charge < -0.3 is 4.74 Å². The van der Waals surface area contributed by atoms with Gasteiger partial charge in [-0.1, -0.05) is 66.2 Å². The average Bonchev–Trinajstić information content (AvgIpc) is 3.26. The zero-order valence-corrected chi connectivity index (χ0v) is 19.0. The molecular weight excluding hydrogens is 422 g/mol. The molecule has 0 fully saturated rings. The number of halogens is 1. The maximum Gasteiger partial charge on any atom is 0.257 e. The van der Waals surface area contributed by atoms with E-state index in [2.05, 4.69) is 12.1 Å². The topological polar surface area (TPSA) is 45.1 Å². The lowest BCUT2D eigenvalue weighted by molar-refractivity contribution is -0.134. The Bertz CT molecular complexity index is 1100. The van der Waals surface area contributed by atoms with E-state index >= 15 is 0 Å². The molecule has 1 amide bonds. The van der Waals surface area contributed by atoms with Crippen molar-refractivity contribution in [2.45, 2.75) is 19.0 Å². The molecule has 0 saturated heterocycles. The van der Waals surface area contributed by atoms with Gasteiger partial charge in [-0.15, -0.1) is 0 Å². The number of hydrogen-bond donors (Lipinski definition) is 0. The first-order valence-electron chi connectivity index (χ1n) is 10.6. The third-order valence-corrected chi connectivity index (χ3v) is 5.78. The van der Waals surface area contributed by atoms with Crippen molar-refractivity contribution in [1.29, 1.82) is 0 Å². The zero-order valence-electron chi connectivity index (χ0n) is 18.2. The van der Waals surface area contributed by atoms with Crippen LogP contribution < -0.4 is 4.74 Å². The number of carbonyl (C=O) groups is 1. The highest BCUT2D eigenvalue weighted by molar-refractivity contribution is 6.30. The fourth-order valence-corrected chi connectivity index (χ4v) is 4.04. The third-order valence-electron chi connectivity index (χ3n) is 5.52. The molecule has 0 radical (unpaired) electrons. The Kier molecular flexibility index (Phi) is 6.88. The highest BCUT2D eigenvalue weighted by Crippen LogP contribution is 2.34. The summed E-state index contributed by atoms with van der Waals surface area (Å²) in [5.74, 6) is 0.724. The molecule has 1 aliphatic rings. The van der Waals surface area contributed by atoms with Crippen molar-refractivity contribution in [1.82, 2.24) is 9.91 Å². The molecule has 3 aromatic rings. The number of likely N-dealkylation sites (N-methyl/N-ethyl adjacent to an activating group) is 1. The molecule has 0 aromatic heterocycles. The van der Waals surface area contributed by atoms with Gasteiger partial charge in [0.2, 0.25) is 0 Å². The Morgan fingerprint density at radius 3 is 2.56 bits per heavy atom. The highest BCUT2D eigenvalue weighted by Gasteiger charge is 2.33. The molecule has 1 aliphatic heterocycles. The van der Waals surface area contributed by atoms with Crippen LogP contribution in [0.15, 0.2) is 84.0 Å². The van der Waals surface area contributed by atoms with Crippen LogP contribution in [-0.4, -0.2) is 42.2 Å². The average molecular weight is 448 g/mol. The Morgan fingerprint density at radius 1 is 1.09 bits per heavy atom. The van der Waals surface area contributed by atoms with E-state index in [0.717, 1.165) is 22.6 Å². The SMILES string of the molecule is COc1cccc(C2=NN(C(=O)CN(C)Cc3ccccc3)[C@@H](c3ccc(Cl)cc3)C2)c1. The van der Waals surface area contributed by atoms with Crippen LogP contribution >= 0.6 is 11.6 Å². The first-order chi connectivity index (χ1) is 15.5. The lowest BCUT2D eigenvalue weighted by atomic mass is 9.98. The van der Waals surface area contributed by atoms with Gasteiger partial charge in [0.05, 0.1) is 25.4 Å². The summed E-state index contributed by atoms with van der Waals surface area (Å²) in [5.41, 5.74) is 3.99. The Labute approximate surface area is 193 Å². The van der Waals surface area contributed by atoms with Crippen LogP contribution in [-0.2, 0) is 11.3 Å². The normalized spacial score (nSPS) is 15.7. The van der Waals surface area contributed by atoms with Crippen molar-refractivity contribution in [3.63, 3.8) is 0 Å². The smallest absolute Gasteiger partial charge is 0.257 e. The standard InChI is InChI=1S/C26H26ClN3O2/c1-29(17-19-7-4-3-5-8-19)18-26(31)30-25(20-11-13-22(27)14-12-20)16-24(28-30)21-9-6-10-23(15-21)32-2/h3-15,25H,16-18H2,1-2H3/t25-/m1/s1. The molecule has 32 heavy (non-hydrogen) atoms. The number of nitrogens with zero attached hydrogens (tertiary/aromatic N) is 3. The number of benzene rings is 3. The zero-order chi connectivity index (χ0) is 22.5. The molecule has 5 nitrogen and oxygen atoms in total. The van der Waals surface area contributed by atoms with E-state index < -0.39 is 0 Å². The van der Waals surface area contributed by atoms with E-state index in [1.165, 1.54) is 5.56 Å². The first-order valence-corrected chi connectivity index (χ1v) is 10.9. The molecule has 164 valence electrons. The summed E-state index contributed by atoms with van der Waals surface area (Å²) in [4.78, 5) is 15.3. The largest absolute Gasteiger partial charge is 0.497 e. The minimum absolute atomic E-state index is 0.0405. The van der Waals surface area contributed by atoms with Gasteiger partial charge in [0.25, 0.3) is 5.91 Å². The van der Waals surface area contributed by atoms with E-state index in [-0.39, 0.29) is 18.5 Å². The number of methoxy groups -OCH3 is 1. The maximum absolute atomic E-state index is 13.3. The third kappa shape index (κ3) is 5.18. The summed E-state index contributed by atoms with van der Waals surface area (Å²) in [6.45, 7) is 0.965. The second-order valence-corrected chi connectivity index (χ2v) is 8.38. The van der Waals surface area contributed by atoms with Crippen LogP contribution in [0.2, 0.25) is 5.02 Å². The maximum atomic E-state index is 13.3. The van der Waals surface area contributed by atoms with Crippen LogP contribution in [0.3, 0.4) is 0 Å². The Morgan fingerprint density at radius 2 is 1.84 bits per heavy atom. The molecule has 0 saturated carbocycles. The minimum atomic E-state index is -0.175. The van der Waals surface area contributed by atoms with E-state index in [0.29, 0.717) is 18.0 Å². The van der Waals surface area contributed by atoms with Crippen LogP contribution in [0.25, 0.3) is 0 Å². The number of rotatable bonds is 7. The molecule has 0 bridgehead atoms. The van der Waals surface area contributed by atoms with E-state index in [1.54, 1.807) is 12.1 Å². The minimum Gasteiger partial charge on any atom is -0.497 e. The molecule has 0 N–H and O–H groups in total.